The third-order valence-electron chi connectivity index (χ3n) is 1.83. The first kappa shape index (κ1) is 10.2. The molecule has 2 rings (SSSR count). The molecule has 1 N–H and O–H groups in total. The molecule has 0 fully saturated rings. The van der Waals surface area contributed by atoms with Gasteiger partial charge in [0.05, 0.1) is 18.1 Å². The Bertz CT molecular complexity index is 531. The standard InChI is InChI=1S/C10H6Cl2N2O/c11-7-1-6(2-8(12)3-7)9-4-13-5-10(15)14-9/h1-5H,(H,14,15). The van der Waals surface area contributed by atoms with Crippen LogP contribution >= 0.6 is 23.2 Å². The van der Waals surface area contributed by atoms with Gasteiger partial charge in [-0.3, -0.25) is 9.78 Å². The van der Waals surface area contributed by atoms with E-state index in [0.717, 1.165) is 5.56 Å². The number of hydrogen-bond acceptors (Lipinski definition) is 2. The van der Waals surface area contributed by atoms with E-state index in [-0.39, 0.29) is 5.56 Å². The predicted molar refractivity (Wildman–Crippen MR) is 60.3 cm³/mol. The van der Waals surface area contributed by atoms with Gasteiger partial charge in [-0.25, -0.2) is 0 Å². The molecule has 1 heterocycles. The van der Waals surface area contributed by atoms with E-state index in [1.165, 1.54) is 6.20 Å². The van der Waals surface area contributed by atoms with E-state index < -0.39 is 0 Å². The van der Waals surface area contributed by atoms with Gasteiger partial charge in [-0.15, -0.1) is 0 Å². The van der Waals surface area contributed by atoms with Crippen LogP contribution < -0.4 is 5.56 Å². The van der Waals surface area contributed by atoms with Crippen LogP contribution in [0.4, 0.5) is 0 Å². The van der Waals surface area contributed by atoms with Crippen LogP contribution in [-0.4, -0.2) is 9.97 Å². The van der Waals surface area contributed by atoms with E-state index in [2.05, 4.69) is 9.97 Å². The summed E-state index contributed by atoms with van der Waals surface area (Å²) < 4.78 is 0. The lowest BCUT2D eigenvalue weighted by atomic mass is 10.2. The highest BCUT2D eigenvalue weighted by Crippen LogP contribution is 2.24. The fraction of sp³-hybridized carbons (Fsp3) is 0. The molecule has 0 radical (unpaired) electrons. The molecule has 0 aliphatic heterocycles. The van der Waals surface area contributed by atoms with Crippen molar-refractivity contribution in [3.63, 3.8) is 0 Å². The lowest BCUT2D eigenvalue weighted by Gasteiger charge is -2.02. The van der Waals surface area contributed by atoms with Crippen molar-refractivity contribution in [3.8, 4) is 11.3 Å². The maximum Gasteiger partial charge on any atom is 0.266 e. The Morgan fingerprint density at radius 3 is 2.33 bits per heavy atom. The molecule has 1 aromatic carbocycles. The fourth-order valence-electron chi connectivity index (χ4n) is 1.23. The Labute approximate surface area is 95.7 Å². The molecule has 0 bridgehead atoms. The fourth-order valence-corrected chi connectivity index (χ4v) is 1.76. The first-order chi connectivity index (χ1) is 7.15. The Morgan fingerprint density at radius 1 is 1.07 bits per heavy atom. The van der Waals surface area contributed by atoms with E-state index >= 15 is 0 Å². The minimum atomic E-state index is -0.261. The van der Waals surface area contributed by atoms with Gasteiger partial charge in [0.25, 0.3) is 5.56 Å². The van der Waals surface area contributed by atoms with E-state index in [0.29, 0.717) is 15.7 Å². The van der Waals surface area contributed by atoms with Crippen LogP contribution in [0, 0.1) is 0 Å². The van der Waals surface area contributed by atoms with Crippen LogP contribution in [-0.2, 0) is 0 Å². The molecular weight excluding hydrogens is 235 g/mol. The van der Waals surface area contributed by atoms with Crippen molar-refractivity contribution >= 4 is 23.2 Å². The maximum absolute atomic E-state index is 11.0. The number of rotatable bonds is 1. The molecule has 0 aliphatic rings. The highest BCUT2D eigenvalue weighted by atomic mass is 35.5. The van der Waals surface area contributed by atoms with Gasteiger partial charge in [-0.2, -0.15) is 0 Å². The van der Waals surface area contributed by atoms with Crippen molar-refractivity contribution in [2.75, 3.05) is 0 Å². The van der Waals surface area contributed by atoms with Gasteiger partial charge in [0, 0.05) is 15.6 Å². The molecule has 1 aromatic heterocycles. The topological polar surface area (TPSA) is 45.8 Å². The molecule has 0 atom stereocenters. The number of halogens is 2. The summed E-state index contributed by atoms with van der Waals surface area (Å²) in [6, 6.07) is 5.04. The van der Waals surface area contributed by atoms with E-state index in [1.807, 2.05) is 0 Å². The van der Waals surface area contributed by atoms with E-state index in [1.54, 1.807) is 24.4 Å². The molecule has 2 aromatic rings. The van der Waals surface area contributed by atoms with E-state index in [9.17, 15) is 4.79 Å². The number of aromatic amines is 1. The maximum atomic E-state index is 11.0. The molecule has 3 nitrogen and oxygen atoms in total. The van der Waals surface area contributed by atoms with Gasteiger partial charge in [0.15, 0.2) is 0 Å². The summed E-state index contributed by atoms with van der Waals surface area (Å²) in [5.41, 5.74) is 1.06. The number of nitrogens with zero attached hydrogens (tertiary/aromatic N) is 1. The second-order valence-electron chi connectivity index (χ2n) is 2.97. The lowest BCUT2D eigenvalue weighted by molar-refractivity contribution is 1.14. The Morgan fingerprint density at radius 2 is 1.73 bits per heavy atom. The van der Waals surface area contributed by atoms with Crippen LogP contribution in [0.2, 0.25) is 10.0 Å². The summed E-state index contributed by atoms with van der Waals surface area (Å²) in [4.78, 5) is 17.5. The molecule has 0 spiro atoms. The highest BCUT2D eigenvalue weighted by molar-refractivity contribution is 6.35. The molecule has 0 unspecified atom stereocenters. The van der Waals surface area contributed by atoms with Crippen LogP contribution in [0.25, 0.3) is 11.3 Å². The first-order valence-electron chi connectivity index (χ1n) is 4.16. The zero-order valence-corrected chi connectivity index (χ0v) is 9.01. The van der Waals surface area contributed by atoms with Crippen LogP contribution in [0.1, 0.15) is 0 Å². The van der Waals surface area contributed by atoms with Gasteiger partial charge in [0.1, 0.15) is 0 Å². The van der Waals surface area contributed by atoms with Crippen molar-refractivity contribution in [2.24, 2.45) is 0 Å². The molecule has 76 valence electrons. The monoisotopic (exact) mass is 240 g/mol. The zero-order chi connectivity index (χ0) is 10.8. The van der Waals surface area contributed by atoms with Crippen molar-refractivity contribution in [1.29, 1.82) is 0 Å². The zero-order valence-electron chi connectivity index (χ0n) is 7.50. The quantitative estimate of drug-likeness (QED) is 0.834. The Hall–Kier alpha value is -1.32. The number of nitrogens with one attached hydrogen (secondary N) is 1. The summed E-state index contributed by atoms with van der Waals surface area (Å²) in [5.74, 6) is 0. The van der Waals surface area contributed by atoms with Crippen molar-refractivity contribution in [2.45, 2.75) is 0 Å². The number of H-pyrrole nitrogens is 1. The largest absolute Gasteiger partial charge is 0.319 e. The minimum absolute atomic E-state index is 0.261. The Kier molecular flexibility index (Phi) is 2.75. The second kappa shape index (κ2) is 4.04. The Balaban J connectivity index is 2.58. The molecule has 0 saturated carbocycles. The average Bonchev–Trinajstić information content (AvgIpc) is 2.16. The summed E-state index contributed by atoms with van der Waals surface area (Å²) in [6.45, 7) is 0. The van der Waals surface area contributed by atoms with Crippen molar-refractivity contribution in [1.82, 2.24) is 9.97 Å². The normalized spacial score (nSPS) is 10.3. The van der Waals surface area contributed by atoms with Crippen LogP contribution in [0.15, 0.2) is 35.4 Å². The molecule has 0 saturated heterocycles. The molecule has 0 amide bonds. The van der Waals surface area contributed by atoms with Gasteiger partial charge >= 0.3 is 0 Å². The summed E-state index contributed by atoms with van der Waals surface area (Å²) in [6.07, 6.45) is 2.75. The SMILES string of the molecule is O=c1cncc(-c2cc(Cl)cc(Cl)c2)[nH]1. The lowest BCUT2D eigenvalue weighted by Crippen LogP contribution is -2.05. The third kappa shape index (κ3) is 2.37. The smallest absolute Gasteiger partial charge is 0.266 e. The highest BCUT2D eigenvalue weighted by Gasteiger charge is 2.02. The van der Waals surface area contributed by atoms with Crippen LogP contribution in [0.5, 0.6) is 0 Å². The summed E-state index contributed by atoms with van der Waals surface area (Å²) in [5, 5.41) is 1.03. The van der Waals surface area contributed by atoms with Gasteiger partial charge in [-0.1, -0.05) is 23.2 Å². The van der Waals surface area contributed by atoms with Crippen LogP contribution in [0.3, 0.4) is 0 Å². The molecule has 15 heavy (non-hydrogen) atoms. The predicted octanol–water partition coefficient (Wildman–Crippen LogP) is 2.74. The van der Waals surface area contributed by atoms with Crippen molar-refractivity contribution < 1.29 is 0 Å². The summed E-state index contributed by atoms with van der Waals surface area (Å²) >= 11 is 11.7. The third-order valence-corrected chi connectivity index (χ3v) is 2.26. The molecule has 0 aliphatic carbocycles. The van der Waals surface area contributed by atoms with Crippen molar-refractivity contribution in [3.05, 3.63) is 51.0 Å². The second-order valence-corrected chi connectivity index (χ2v) is 3.84. The summed E-state index contributed by atoms with van der Waals surface area (Å²) in [7, 11) is 0. The average molecular weight is 241 g/mol. The molecule has 5 heteroatoms. The van der Waals surface area contributed by atoms with Gasteiger partial charge < -0.3 is 4.98 Å². The number of benzene rings is 1. The number of aromatic nitrogens is 2. The first-order valence-corrected chi connectivity index (χ1v) is 4.91. The van der Waals surface area contributed by atoms with Gasteiger partial charge in [-0.05, 0) is 18.2 Å². The molecular formula is C10H6Cl2N2O. The van der Waals surface area contributed by atoms with Gasteiger partial charge in [0.2, 0.25) is 0 Å². The minimum Gasteiger partial charge on any atom is -0.319 e. The van der Waals surface area contributed by atoms with E-state index in [4.69, 9.17) is 23.2 Å². The number of hydrogen-bond donors (Lipinski definition) is 1.